The van der Waals surface area contributed by atoms with Crippen LogP contribution >= 0.6 is 23.8 Å². The smallest absolute Gasteiger partial charge is 0.175 e. The Morgan fingerprint density at radius 3 is 2.32 bits per heavy atom. The van der Waals surface area contributed by atoms with E-state index in [4.69, 9.17) is 33.3 Å². The number of hydrogen-bond donors (Lipinski definition) is 2. The maximum atomic E-state index is 13.6. The van der Waals surface area contributed by atoms with Gasteiger partial charge in [-0.2, -0.15) is 0 Å². The number of methoxy groups -OCH3 is 2. The van der Waals surface area contributed by atoms with Crippen molar-refractivity contribution in [3.8, 4) is 11.5 Å². The summed E-state index contributed by atoms with van der Waals surface area (Å²) in [5.74, 6) is 0.564. The summed E-state index contributed by atoms with van der Waals surface area (Å²) in [6, 6.07) is 9.49. The van der Waals surface area contributed by atoms with E-state index in [-0.39, 0.29) is 10.8 Å². The van der Waals surface area contributed by atoms with Crippen LogP contribution in [-0.4, -0.2) is 19.3 Å². The van der Waals surface area contributed by atoms with E-state index in [1.165, 1.54) is 20.3 Å². The van der Waals surface area contributed by atoms with E-state index in [0.29, 0.717) is 22.2 Å². The highest BCUT2D eigenvalue weighted by molar-refractivity contribution is 7.80. The van der Waals surface area contributed by atoms with Gasteiger partial charge >= 0.3 is 0 Å². The first-order valence-corrected chi connectivity index (χ1v) is 7.08. The third kappa shape index (κ3) is 3.78. The predicted molar refractivity (Wildman–Crippen MR) is 90.8 cm³/mol. The molecule has 0 bridgehead atoms. The van der Waals surface area contributed by atoms with Gasteiger partial charge in [0.1, 0.15) is 17.3 Å². The predicted octanol–water partition coefficient (Wildman–Crippen LogP) is 4.31. The Bertz CT molecular complexity index is 697. The Labute approximate surface area is 138 Å². The quantitative estimate of drug-likeness (QED) is 0.812. The number of hydrogen-bond acceptors (Lipinski definition) is 3. The molecule has 0 atom stereocenters. The third-order valence-corrected chi connectivity index (χ3v) is 3.34. The van der Waals surface area contributed by atoms with Crippen molar-refractivity contribution in [2.45, 2.75) is 0 Å². The summed E-state index contributed by atoms with van der Waals surface area (Å²) in [6.07, 6.45) is 0. The van der Waals surface area contributed by atoms with Crippen LogP contribution in [0, 0.1) is 5.82 Å². The Kier molecular flexibility index (Phi) is 5.41. The minimum atomic E-state index is -0.396. The van der Waals surface area contributed by atoms with E-state index in [2.05, 4.69) is 10.6 Å². The van der Waals surface area contributed by atoms with E-state index in [0.717, 1.165) is 0 Å². The zero-order valence-corrected chi connectivity index (χ0v) is 13.5. The van der Waals surface area contributed by atoms with Crippen LogP contribution in [0.3, 0.4) is 0 Å². The van der Waals surface area contributed by atoms with Crippen molar-refractivity contribution in [2.75, 3.05) is 24.9 Å². The Morgan fingerprint density at radius 1 is 1.05 bits per heavy atom. The fraction of sp³-hybridized carbons (Fsp3) is 0.133. The second-order valence-corrected chi connectivity index (χ2v) is 5.06. The molecule has 0 fully saturated rings. The molecule has 0 aliphatic carbocycles. The minimum absolute atomic E-state index is 0.216. The Hall–Kier alpha value is -2.05. The molecule has 2 aromatic rings. The molecule has 2 rings (SSSR count). The maximum Gasteiger partial charge on any atom is 0.175 e. The van der Waals surface area contributed by atoms with Crippen molar-refractivity contribution in [1.29, 1.82) is 0 Å². The number of thiocarbonyl (C=S) groups is 1. The van der Waals surface area contributed by atoms with Gasteiger partial charge in [-0.05, 0) is 24.4 Å². The molecule has 7 heteroatoms. The minimum Gasteiger partial charge on any atom is -0.495 e. The average molecular weight is 341 g/mol. The van der Waals surface area contributed by atoms with E-state index in [1.807, 2.05) is 0 Å². The summed E-state index contributed by atoms with van der Waals surface area (Å²) in [6.45, 7) is 0. The van der Waals surface area contributed by atoms with Crippen LogP contribution < -0.4 is 20.1 Å². The first kappa shape index (κ1) is 16.3. The molecule has 0 aromatic heterocycles. The van der Waals surface area contributed by atoms with Crippen LogP contribution in [0.15, 0.2) is 36.4 Å². The van der Waals surface area contributed by atoms with Crippen molar-refractivity contribution in [3.63, 3.8) is 0 Å². The highest BCUT2D eigenvalue weighted by Crippen LogP contribution is 2.35. The fourth-order valence-corrected chi connectivity index (χ4v) is 2.25. The van der Waals surface area contributed by atoms with Gasteiger partial charge in [-0.1, -0.05) is 23.7 Å². The lowest BCUT2D eigenvalue weighted by molar-refractivity contribution is 0.405. The number of anilines is 2. The lowest BCUT2D eigenvalue weighted by Crippen LogP contribution is -2.20. The third-order valence-electron chi connectivity index (χ3n) is 2.84. The van der Waals surface area contributed by atoms with E-state index in [9.17, 15) is 4.39 Å². The SMILES string of the molecule is COc1cc(NC(=S)Nc2ccccc2F)c(OC)cc1Cl. The zero-order valence-electron chi connectivity index (χ0n) is 11.9. The van der Waals surface area contributed by atoms with E-state index >= 15 is 0 Å². The normalized spacial score (nSPS) is 10.0. The van der Waals surface area contributed by atoms with Gasteiger partial charge in [0.15, 0.2) is 5.11 Å². The van der Waals surface area contributed by atoms with Crippen LogP contribution in [0.5, 0.6) is 11.5 Å². The number of para-hydroxylation sites is 1. The Morgan fingerprint density at radius 2 is 1.68 bits per heavy atom. The molecule has 2 aromatic carbocycles. The van der Waals surface area contributed by atoms with Crippen LogP contribution in [0.4, 0.5) is 15.8 Å². The molecule has 0 radical (unpaired) electrons. The summed E-state index contributed by atoms with van der Waals surface area (Å²) < 4.78 is 24.0. The van der Waals surface area contributed by atoms with Crippen LogP contribution in [0.1, 0.15) is 0 Å². The molecule has 2 N–H and O–H groups in total. The maximum absolute atomic E-state index is 13.6. The lowest BCUT2D eigenvalue weighted by Gasteiger charge is -2.15. The number of nitrogens with one attached hydrogen (secondary N) is 2. The number of halogens is 2. The standard InChI is InChI=1S/C15H14ClFN2O2S/c1-20-13-8-12(14(21-2)7-9(13)16)19-15(22)18-11-6-4-3-5-10(11)17/h3-8H,1-2H3,(H2,18,19,22). The summed E-state index contributed by atoms with van der Waals surface area (Å²) >= 11 is 11.2. The molecule has 4 nitrogen and oxygen atoms in total. The molecule has 0 aliphatic rings. The van der Waals surface area contributed by atoms with Gasteiger partial charge < -0.3 is 20.1 Å². The second-order valence-electron chi connectivity index (χ2n) is 4.25. The molecule has 0 aliphatic heterocycles. The molecule has 0 amide bonds. The Balaban J connectivity index is 2.19. The van der Waals surface area contributed by atoms with Crippen molar-refractivity contribution in [2.24, 2.45) is 0 Å². The van der Waals surface area contributed by atoms with Crippen LogP contribution in [-0.2, 0) is 0 Å². The monoisotopic (exact) mass is 340 g/mol. The first-order chi connectivity index (χ1) is 10.5. The average Bonchev–Trinajstić information content (AvgIpc) is 2.50. The summed E-state index contributed by atoms with van der Waals surface area (Å²) in [5.41, 5.74) is 0.831. The number of ether oxygens (including phenoxy) is 2. The molecule has 0 unspecified atom stereocenters. The fourth-order valence-electron chi connectivity index (χ4n) is 1.80. The lowest BCUT2D eigenvalue weighted by atomic mass is 10.2. The molecule has 22 heavy (non-hydrogen) atoms. The molecule has 0 saturated carbocycles. The highest BCUT2D eigenvalue weighted by atomic mass is 35.5. The van der Waals surface area contributed by atoms with E-state index < -0.39 is 5.82 Å². The summed E-state index contributed by atoms with van der Waals surface area (Å²) in [4.78, 5) is 0. The second kappa shape index (κ2) is 7.29. The highest BCUT2D eigenvalue weighted by Gasteiger charge is 2.12. The van der Waals surface area contributed by atoms with Gasteiger partial charge in [0.25, 0.3) is 0 Å². The van der Waals surface area contributed by atoms with Crippen molar-refractivity contribution in [3.05, 3.63) is 47.2 Å². The summed E-state index contributed by atoms with van der Waals surface area (Å²) in [7, 11) is 3.02. The first-order valence-electron chi connectivity index (χ1n) is 6.29. The van der Waals surface area contributed by atoms with Crippen molar-refractivity contribution >= 4 is 40.3 Å². The molecule has 0 saturated heterocycles. The number of rotatable bonds is 4. The van der Waals surface area contributed by atoms with Gasteiger partial charge in [0.05, 0.1) is 30.6 Å². The molecule has 0 heterocycles. The van der Waals surface area contributed by atoms with Crippen molar-refractivity contribution < 1.29 is 13.9 Å². The molecular formula is C15H14ClFN2O2S. The topological polar surface area (TPSA) is 42.5 Å². The van der Waals surface area contributed by atoms with Gasteiger partial charge in [-0.25, -0.2) is 4.39 Å². The van der Waals surface area contributed by atoms with Gasteiger partial charge in [-0.3, -0.25) is 0 Å². The van der Waals surface area contributed by atoms with Gasteiger partial charge in [-0.15, -0.1) is 0 Å². The largest absolute Gasteiger partial charge is 0.495 e. The van der Waals surface area contributed by atoms with Crippen molar-refractivity contribution in [1.82, 2.24) is 0 Å². The molecule has 116 valence electrons. The number of benzene rings is 2. The zero-order chi connectivity index (χ0) is 16.1. The summed E-state index contributed by atoms with van der Waals surface area (Å²) in [5, 5.41) is 6.34. The van der Waals surface area contributed by atoms with Gasteiger partial charge in [0, 0.05) is 12.1 Å². The van der Waals surface area contributed by atoms with Crippen LogP contribution in [0.2, 0.25) is 5.02 Å². The molecule has 0 spiro atoms. The van der Waals surface area contributed by atoms with Gasteiger partial charge in [0.2, 0.25) is 0 Å². The van der Waals surface area contributed by atoms with E-state index in [1.54, 1.807) is 30.3 Å². The molecular weight excluding hydrogens is 327 g/mol. The van der Waals surface area contributed by atoms with Crippen LogP contribution in [0.25, 0.3) is 0 Å².